The Morgan fingerprint density at radius 1 is 1.45 bits per heavy atom. The molecule has 0 fully saturated rings. The molecule has 0 radical (unpaired) electrons. The van der Waals surface area contributed by atoms with E-state index < -0.39 is 22.4 Å². The molecule has 1 heterocycles. The Morgan fingerprint density at radius 2 is 2.20 bits per heavy atom. The Hall–Kier alpha value is -1.77. The van der Waals surface area contributed by atoms with Gasteiger partial charge < -0.3 is 9.52 Å². The van der Waals surface area contributed by atoms with Gasteiger partial charge in [0.2, 0.25) is 15.9 Å². The van der Waals surface area contributed by atoms with Gasteiger partial charge in [-0.05, 0) is 24.6 Å². The van der Waals surface area contributed by atoms with Crippen LogP contribution in [0.1, 0.15) is 17.2 Å². The van der Waals surface area contributed by atoms with Crippen LogP contribution in [0.4, 0.5) is 4.39 Å². The number of rotatable bonds is 5. The van der Waals surface area contributed by atoms with E-state index in [-0.39, 0.29) is 22.9 Å². The standard InChI is InChI=1S/C12H13FN2O4S/c1-8-5-14-12(19-8)6-15-20(17,18)11-4-10(13)3-2-9(11)7-16/h2-5,15-16H,6-7H2,1H3. The highest BCUT2D eigenvalue weighted by molar-refractivity contribution is 7.89. The van der Waals surface area contributed by atoms with E-state index in [9.17, 15) is 12.8 Å². The predicted molar refractivity (Wildman–Crippen MR) is 67.6 cm³/mol. The van der Waals surface area contributed by atoms with Gasteiger partial charge in [-0.2, -0.15) is 0 Å². The number of nitrogens with zero attached hydrogens (tertiary/aromatic N) is 1. The van der Waals surface area contributed by atoms with Crippen LogP contribution >= 0.6 is 0 Å². The fraction of sp³-hybridized carbons (Fsp3) is 0.250. The second-order valence-corrected chi connectivity index (χ2v) is 5.83. The molecule has 0 saturated heterocycles. The maximum atomic E-state index is 13.2. The first-order chi connectivity index (χ1) is 9.42. The lowest BCUT2D eigenvalue weighted by molar-refractivity contribution is 0.278. The van der Waals surface area contributed by atoms with Gasteiger partial charge in [-0.25, -0.2) is 22.5 Å². The number of benzene rings is 1. The van der Waals surface area contributed by atoms with Crippen molar-refractivity contribution >= 4 is 10.0 Å². The summed E-state index contributed by atoms with van der Waals surface area (Å²) in [6.45, 7) is 1.02. The molecule has 0 unspecified atom stereocenters. The second-order valence-electron chi connectivity index (χ2n) is 4.10. The molecule has 8 heteroatoms. The largest absolute Gasteiger partial charge is 0.445 e. The summed E-state index contributed by atoms with van der Waals surface area (Å²) in [5.74, 6) is 0.0589. The van der Waals surface area contributed by atoms with Gasteiger partial charge in [0.15, 0.2) is 0 Å². The predicted octanol–water partition coefficient (Wildman–Crippen LogP) is 1.09. The molecule has 108 valence electrons. The van der Waals surface area contributed by atoms with Crippen molar-refractivity contribution in [2.24, 2.45) is 0 Å². The first-order valence-electron chi connectivity index (χ1n) is 5.72. The van der Waals surface area contributed by atoms with E-state index in [1.165, 1.54) is 12.3 Å². The summed E-state index contributed by atoms with van der Waals surface area (Å²) in [5.41, 5.74) is 0.113. The van der Waals surface area contributed by atoms with E-state index in [4.69, 9.17) is 9.52 Å². The van der Waals surface area contributed by atoms with E-state index in [1.807, 2.05) is 0 Å². The van der Waals surface area contributed by atoms with Gasteiger partial charge >= 0.3 is 0 Å². The Bertz CT molecular complexity index is 712. The van der Waals surface area contributed by atoms with Crippen LogP contribution in [0, 0.1) is 12.7 Å². The maximum Gasteiger partial charge on any atom is 0.241 e. The van der Waals surface area contributed by atoms with E-state index in [1.54, 1.807) is 6.92 Å². The zero-order valence-electron chi connectivity index (χ0n) is 10.6. The molecule has 6 nitrogen and oxygen atoms in total. The fourth-order valence-electron chi connectivity index (χ4n) is 1.63. The van der Waals surface area contributed by atoms with Crippen molar-refractivity contribution in [3.63, 3.8) is 0 Å². The topological polar surface area (TPSA) is 92.4 Å². The Balaban J connectivity index is 2.24. The number of aromatic nitrogens is 1. The molecular formula is C12H13FN2O4S. The summed E-state index contributed by atoms with van der Waals surface area (Å²) in [5, 5.41) is 9.12. The molecule has 20 heavy (non-hydrogen) atoms. The van der Waals surface area contributed by atoms with Crippen LogP contribution in [0.3, 0.4) is 0 Å². The summed E-state index contributed by atoms with van der Waals surface area (Å²) in [7, 11) is -3.96. The van der Waals surface area contributed by atoms with Crippen LogP contribution in [-0.4, -0.2) is 18.5 Å². The molecule has 1 aromatic carbocycles. The molecule has 0 aliphatic heterocycles. The van der Waals surface area contributed by atoms with E-state index in [2.05, 4.69) is 9.71 Å². The third-order valence-corrected chi connectivity index (χ3v) is 4.06. The van der Waals surface area contributed by atoms with E-state index in [0.717, 1.165) is 12.1 Å². The summed E-state index contributed by atoms with van der Waals surface area (Å²) in [6, 6.07) is 3.16. The molecule has 0 amide bonds. The number of nitrogens with one attached hydrogen (secondary N) is 1. The third kappa shape index (κ3) is 3.21. The maximum absolute atomic E-state index is 13.2. The van der Waals surface area contributed by atoms with Crippen molar-refractivity contribution in [1.29, 1.82) is 0 Å². The van der Waals surface area contributed by atoms with Gasteiger partial charge in [0, 0.05) is 0 Å². The molecule has 0 bridgehead atoms. The number of halogens is 1. The smallest absolute Gasteiger partial charge is 0.241 e. The number of aliphatic hydroxyl groups excluding tert-OH is 1. The highest BCUT2D eigenvalue weighted by Crippen LogP contribution is 2.17. The first-order valence-corrected chi connectivity index (χ1v) is 7.21. The molecule has 0 saturated carbocycles. The quantitative estimate of drug-likeness (QED) is 0.862. The monoisotopic (exact) mass is 300 g/mol. The fourth-order valence-corrected chi connectivity index (χ4v) is 2.84. The SMILES string of the molecule is Cc1cnc(CNS(=O)(=O)c2cc(F)ccc2CO)o1. The highest BCUT2D eigenvalue weighted by Gasteiger charge is 2.19. The van der Waals surface area contributed by atoms with Crippen molar-refractivity contribution in [2.45, 2.75) is 25.0 Å². The molecular weight excluding hydrogens is 287 g/mol. The average Bonchev–Trinajstić information content (AvgIpc) is 2.82. The van der Waals surface area contributed by atoms with Gasteiger partial charge in [0.05, 0.1) is 24.2 Å². The van der Waals surface area contributed by atoms with Crippen molar-refractivity contribution in [2.75, 3.05) is 0 Å². The molecule has 2 aromatic rings. The number of aliphatic hydroxyl groups is 1. The molecule has 0 spiro atoms. The van der Waals surface area contributed by atoms with Gasteiger partial charge in [-0.1, -0.05) is 6.07 Å². The molecule has 2 rings (SSSR count). The van der Waals surface area contributed by atoms with Crippen molar-refractivity contribution in [1.82, 2.24) is 9.71 Å². The zero-order valence-corrected chi connectivity index (χ0v) is 11.4. The minimum atomic E-state index is -3.96. The summed E-state index contributed by atoms with van der Waals surface area (Å²) >= 11 is 0. The third-order valence-electron chi connectivity index (χ3n) is 2.57. The van der Waals surface area contributed by atoms with Crippen molar-refractivity contribution in [3.05, 3.63) is 47.4 Å². The Morgan fingerprint density at radius 3 is 2.80 bits per heavy atom. The van der Waals surface area contributed by atoms with E-state index >= 15 is 0 Å². The summed E-state index contributed by atoms with van der Waals surface area (Å²) in [6.07, 6.45) is 1.46. The van der Waals surface area contributed by atoms with Crippen LogP contribution in [0.5, 0.6) is 0 Å². The lowest BCUT2D eigenvalue weighted by atomic mass is 10.2. The van der Waals surface area contributed by atoms with Gasteiger partial charge in [-0.3, -0.25) is 0 Å². The Labute approximate surface area is 115 Å². The van der Waals surface area contributed by atoms with E-state index in [0.29, 0.717) is 5.76 Å². The van der Waals surface area contributed by atoms with Crippen LogP contribution in [0.25, 0.3) is 0 Å². The van der Waals surface area contributed by atoms with Crippen LogP contribution in [0.15, 0.2) is 33.7 Å². The van der Waals surface area contributed by atoms with Crippen LogP contribution in [-0.2, 0) is 23.2 Å². The zero-order chi connectivity index (χ0) is 14.8. The average molecular weight is 300 g/mol. The molecule has 1 aromatic heterocycles. The number of hydrogen-bond donors (Lipinski definition) is 2. The van der Waals surface area contributed by atoms with Crippen LogP contribution < -0.4 is 4.72 Å². The van der Waals surface area contributed by atoms with Gasteiger partial charge in [0.1, 0.15) is 11.6 Å². The number of aryl methyl sites for hydroxylation is 1. The summed E-state index contributed by atoms with van der Waals surface area (Å²) in [4.78, 5) is 3.55. The molecule has 0 atom stereocenters. The van der Waals surface area contributed by atoms with Gasteiger partial charge in [-0.15, -0.1) is 0 Å². The van der Waals surface area contributed by atoms with Crippen molar-refractivity contribution in [3.8, 4) is 0 Å². The highest BCUT2D eigenvalue weighted by atomic mass is 32.2. The Kier molecular flexibility index (Phi) is 4.17. The number of oxazole rings is 1. The van der Waals surface area contributed by atoms with Crippen LogP contribution in [0.2, 0.25) is 0 Å². The number of sulfonamides is 1. The lowest BCUT2D eigenvalue weighted by Crippen LogP contribution is -2.24. The molecule has 0 aliphatic carbocycles. The summed E-state index contributed by atoms with van der Waals surface area (Å²) < 4.78 is 44.7. The van der Waals surface area contributed by atoms with Crippen molar-refractivity contribution < 1.29 is 22.3 Å². The van der Waals surface area contributed by atoms with Gasteiger partial charge in [0.25, 0.3) is 0 Å². The first kappa shape index (κ1) is 14.6. The normalized spacial score (nSPS) is 11.8. The lowest BCUT2D eigenvalue weighted by Gasteiger charge is -2.09. The number of hydrogen-bond acceptors (Lipinski definition) is 5. The minimum Gasteiger partial charge on any atom is -0.445 e. The second kappa shape index (κ2) is 5.70. The minimum absolute atomic E-state index is 0.113. The molecule has 0 aliphatic rings. The molecule has 2 N–H and O–H groups in total.